The molecule has 5 fully saturated rings. The summed E-state index contributed by atoms with van der Waals surface area (Å²) in [5.41, 5.74) is 0. The van der Waals surface area contributed by atoms with Crippen LogP contribution < -0.4 is 10.6 Å². The summed E-state index contributed by atoms with van der Waals surface area (Å²) >= 11 is 0. The molecule has 0 aromatic heterocycles. The van der Waals surface area contributed by atoms with Crippen molar-refractivity contribution in [1.29, 1.82) is 0 Å². The van der Waals surface area contributed by atoms with Crippen LogP contribution >= 0.6 is 0 Å². The van der Waals surface area contributed by atoms with E-state index < -0.39 is 229 Å². The molecule has 420 valence electrons. The van der Waals surface area contributed by atoms with Gasteiger partial charge in [0, 0.05) is 13.8 Å². The highest BCUT2D eigenvalue weighted by atomic mass is 16.8. The summed E-state index contributed by atoms with van der Waals surface area (Å²) in [7, 11) is 0. The van der Waals surface area contributed by atoms with Crippen LogP contribution in [0.25, 0.3) is 0 Å². The van der Waals surface area contributed by atoms with Crippen molar-refractivity contribution in [2.24, 2.45) is 0 Å². The van der Waals surface area contributed by atoms with Crippen LogP contribution in [0.4, 0.5) is 0 Å². The molecule has 5 aliphatic rings. The largest absolute Gasteiger partial charge is 0.394 e. The van der Waals surface area contributed by atoms with Gasteiger partial charge in [-0.3, -0.25) is 9.59 Å². The number of aliphatic hydroxyl groups excluding tert-OH is 18. The standard InChI is InChI=1S/C40H70N2O30/c1-10-20(51)25(56)29(60)37(64-10)71-34-19(42-12(3)49)36(67-17(8-47)33(34)70-38-30(61)26(57)22(53)15(6-45)65-38)72-35-28(59)23(54)16(7-46)66-40(35)63-9-18-24(55)27(58)31(62)39(68-18)69-32(14(50)5-44)21(52)13(4-43)41-11(2)48/h10,13-40,43-47,50-62H,4-9H2,1-3H3,(H,41,48)(H,42,49)/t10-,13-,14+,15+,16+,17+,18+,19+,20+,21+,22-,23+,24+,25+,26-,27-,28-,29-,30+,31-,32+,33+,34+,35-,36-,37-,38-,39-,40-/m0/s1. The van der Waals surface area contributed by atoms with E-state index in [-0.39, 0.29) is 0 Å². The summed E-state index contributed by atoms with van der Waals surface area (Å²) in [5, 5.41) is 195. The molecule has 2 amide bonds. The lowest BCUT2D eigenvalue weighted by Gasteiger charge is -2.51. The smallest absolute Gasteiger partial charge is 0.217 e. The van der Waals surface area contributed by atoms with Crippen LogP contribution in [0.2, 0.25) is 0 Å². The number of hydrogen-bond acceptors (Lipinski definition) is 30. The number of nitrogens with one attached hydrogen (secondary N) is 2. The normalized spacial score (nSPS) is 45.7. The van der Waals surface area contributed by atoms with Gasteiger partial charge in [0.2, 0.25) is 11.8 Å². The first-order valence-corrected chi connectivity index (χ1v) is 22.9. The highest BCUT2D eigenvalue weighted by molar-refractivity contribution is 5.73. The van der Waals surface area contributed by atoms with Crippen molar-refractivity contribution in [3.63, 3.8) is 0 Å². The second kappa shape index (κ2) is 26.7. The van der Waals surface area contributed by atoms with E-state index in [9.17, 15) is 102 Å². The van der Waals surface area contributed by atoms with Crippen LogP contribution in [-0.4, -0.2) is 321 Å². The van der Waals surface area contributed by atoms with Gasteiger partial charge in [0.05, 0.1) is 51.8 Å². The van der Waals surface area contributed by atoms with E-state index in [1.54, 1.807) is 0 Å². The average Bonchev–Trinajstić information content (AvgIpc) is 3.35. The molecule has 0 aromatic rings. The van der Waals surface area contributed by atoms with Gasteiger partial charge in [-0.15, -0.1) is 0 Å². The molecule has 5 rings (SSSR count). The third-order valence-corrected chi connectivity index (χ3v) is 12.8. The number of ether oxygens (including phenoxy) is 10. The van der Waals surface area contributed by atoms with Crippen molar-refractivity contribution in [1.82, 2.24) is 10.6 Å². The zero-order valence-corrected chi connectivity index (χ0v) is 38.9. The fourth-order valence-electron chi connectivity index (χ4n) is 8.73. The lowest BCUT2D eigenvalue weighted by atomic mass is 9.94. The molecule has 0 saturated carbocycles. The molecule has 0 aromatic carbocycles. The molecular weight excluding hydrogens is 988 g/mol. The monoisotopic (exact) mass is 1060 g/mol. The summed E-state index contributed by atoms with van der Waals surface area (Å²) in [4.78, 5) is 24.7. The summed E-state index contributed by atoms with van der Waals surface area (Å²) in [5.74, 6) is -1.62. The van der Waals surface area contributed by atoms with E-state index in [2.05, 4.69) is 10.6 Å². The van der Waals surface area contributed by atoms with E-state index in [0.29, 0.717) is 0 Å². The molecule has 0 unspecified atom stereocenters. The van der Waals surface area contributed by atoms with Gasteiger partial charge in [0.1, 0.15) is 134 Å². The molecule has 0 radical (unpaired) electrons. The highest BCUT2D eigenvalue weighted by Gasteiger charge is 2.57. The predicted molar refractivity (Wildman–Crippen MR) is 223 cm³/mol. The zero-order chi connectivity index (χ0) is 53.6. The quantitative estimate of drug-likeness (QED) is 0.0507. The number of carbonyl (C=O) groups excluding carboxylic acids is 2. The predicted octanol–water partition coefficient (Wildman–Crippen LogP) is -13.1. The Balaban J connectivity index is 1.47. The number of amides is 2. The van der Waals surface area contributed by atoms with E-state index in [1.165, 1.54) is 6.92 Å². The fraction of sp³-hybridized carbons (Fsp3) is 0.950. The Labute approximate surface area is 409 Å². The van der Waals surface area contributed by atoms with Crippen LogP contribution in [0.1, 0.15) is 20.8 Å². The first kappa shape index (κ1) is 60.7. The number of rotatable bonds is 21. The van der Waals surface area contributed by atoms with Crippen molar-refractivity contribution < 1.29 is 149 Å². The maximum Gasteiger partial charge on any atom is 0.217 e. The van der Waals surface area contributed by atoms with Crippen molar-refractivity contribution in [2.75, 3.05) is 39.6 Å². The molecule has 32 nitrogen and oxygen atoms in total. The average molecular weight is 1060 g/mol. The van der Waals surface area contributed by atoms with E-state index in [0.717, 1.165) is 13.8 Å². The van der Waals surface area contributed by atoms with Gasteiger partial charge in [-0.05, 0) is 6.92 Å². The minimum atomic E-state index is -2.16. The molecule has 29 atom stereocenters. The van der Waals surface area contributed by atoms with Gasteiger partial charge in [0.25, 0.3) is 0 Å². The minimum absolute atomic E-state index is 0.735. The third-order valence-electron chi connectivity index (χ3n) is 12.8. The van der Waals surface area contributed by atoms with E-state index in [4.69, 9.17) is 47.4 Å². The molecular formula is C40H70N2O30. The van der Waals surface area contributed by atoms with Crippen LogP contribution in [-0.2, 0) is 57.0 Å². The molecule has 0 bridgehead atoms. The Morgan fingerprint density at radius 2 is 0.972 bits per heavy atom. The number of carbonyl (C=O) groups is 2. The van der Waals surface area contributed by atoms with Crippen molar-refractivity contribution >= 4 is 11.8 Å². The second-order valence-corrected chi connectivity index (χ2v) is 18.0. The second-order valence-electron chi connectivity index (χ2n) is 18.0. The van der Waals surface area contributed by atoms with Gasteiger partial charge in [-0.25, -0.2) is 0 Å². The van der Waals surface area contributed by atoms with Gasteiger partial charge in [0.15, 0.2) is 31.5 Å². The Kier molecular flexibility index (Phi) is 22.5. The molecule has 5 saturated heterocycles. The lowest BCUT2D eigenvalue weighted by molar-refractivity contribution is -0.391. The van der Waals surface area contributed by atoms with Gasteiger partial charge in [-0.2, -0.15) is 0 Å². The van der Waals surface area contributed by atoms with Gasteiger partial charge < -0.3 is 150 Å². The third kappa shape index (κ3) is 13.7. The van der Waals surface area contributed by atoms with E-state index >= 15 is 0 Å². The molecule has 72 heavy (non-hydrogen) atoms. The summed E-state index contributed by atoms with van der Waals surface area (Å²) < 4.78 is 58.2. The van der Waals surface area contributed by atoms with Crippen LogP contribution in [0.15, 0.2) is 0 Å². The molecule has 5 aliphatic heterocycles. The Hall–Kier alpha value is -2.18. The summed E-state index contributed by atoms with van der Waals surface area (Å²) in [6.07, 6.45) is -51.8. The molecule has 20 N–H and O–H groups in total. The van der Waals surface area contributed by atoms with Crippen LogP contribution in [0.3, 0.4) is 0 Å². The SMILES string of the molecule is CC(=O)N[C@H]1[C@H](O[C@@H]2[C@@H](OC[C@H]3O[C@@H](O[C@@H]([C@H](O)[C@H](CO)NC(C)=O)[C@H](O)CO)[C@@H](O)[C@@H](O)[C@@H]3O)O[C@H](CO)[C@@H](O)[C@@H]2O)O[C@H](CO)[C@@H](O[C@@H]2O[C@H](CO)[C@H](O)[C@H](O)[C@H]2O)[C@@H]1O[C@@H]1O[C@@H](C)[C@@H](O)[C@@H](O)[C@@H]1O. The maximum atomic E-state index is 13.0. The Morgan fingerprint density at radius 1 is 0.500 bits per heavy atom. The first-order chi connectivity index (χ1) is 33.9. The highest BCUT2D eigenvalue weighted by Crippen LogP contribution is 2.37. The molecule has 5 heterocycles. The Bertz CT molecular complexity index is 1680. The van der Waals surface area contributed by atoms with Crippen molar-refractivity contribution in [2.45, 2.75) is 199 Å². The number of aliphatic hydroxyl groups is 18. The summed E-state index contributed by atoms with van der Waals surface area (Å²) in [6.45, 7) is -2.58. The Morgan fingerprint density at radius 3 is 1.51 bits per heavy atom. The fourth-order valence-corrected chi connectivity index (χ4v) is 8.73. The topological polar surface area (TPSA) is 515 Å². The van der Waals surface area contributed by atoms with Gasteiger partial charge >= 0.3 is 0 Å². The van der Waals surface area contributed by atoms with E-state index in [1.807, 2.05) is 0 Å². The molecule has 32 heteroatoms. The maximum absolute atomic E-state index is 13.0. The van der Waals surface area contributed by atoms with Crippen molar-refractivity contribution in [3.05, 3.63) is 0 Å². The summed E-state index contributed by atoms with van der Waals surface area (Å²) in [6, 6.07) is -3.33. The zero-order valence-electron chi connectivity index (χ0n) is 38.9. The molecule has 0 aliphatic carbocycles. The first-order valence-electron chi connectivity index (χ1n) is 22.9. The van der Waals surface area contributed by atoms with Crippen LogP contribution in [0, 0.1) is 0 Å². The minimum Gasteiger partial charge on any atom is -0.394 e. The van der Waals surface area contributed by atoms with Crippen LogP contribution in [0.5, 0.6) is 0 Å². The lowest BCUT2D eigenvalue weighted by Crippen LogP contribution is -2.71. The molecule has 0 spiro atoms. The van der Waals surface area contributed by atoms with Gasteiger partial charge in [-0.1, -0.05) is 0 Å². The number of hydrogen-bond donors (Lipinski definition) is 20. The van der Waals surface area contributed by atoms with Crippen molar-refractivity contribution in [3.8, 4) is 0 Å².